The molecule has 0 aromatic heterocycles. The van der Waals surface area contributed by atoms with Gasteiger partial charge in [-0.2, -0.15) is 0 Å². The highest BCUT2D eigenvalue weighted by atomic mass is 15.2. The van der Waals surface area contributed by atoms with Crippen molar-refractivity contribution in [1.29, 1.82) is 0 Å². The maximum atomic E-state index is 4.04. The van der Waals surface area contributed by atoms with E-state index in [1.807, 2.05) is 0 Å². The minimum atomic E-state index is 0.352. The van der Waals surface area contributed by atoms with E-state index in [-0.39, 0.29) is 0 Å². The second-order valence-corrected chi connectivity index (χ2v) is 5.75. The molecule has 0 unspecified atom stereocenters. The lowest BCUT2D eigenvalue weighted by molar-refractivity contribution is 0.203. The number of benzene rings is 1. The number of piperazine rings is 1. The van der Waals surface area contributed by atoms with Crippen LogP contribution in [0.2, 0.25) is 0 Å². The van der Waals surface area contributed by atoms with E-state index >= 15 is 0 Å². The summed E-state index contributed by atoms with van der Waals surface area (Å²) in [5, 5.41) is 3.41. The molecular weight excluding hydrogens is 246 g/mol. The van der Waals surface area contributed by atoms with Gasteiger partial charge >= 0.3 is 0 Å². The van der Waals surface area contributed by atoms with Gasteiger partial charge in [-0.05, 0) is 30.5 Å². The zero-order valence-corrected chi connectivity index (χ0v) is 12.2. The summed E-state index contributed by atoms with van der Waals surface area (Å²) >= 11 is 0. The smallest absolute Gasteiger partial charge is 0.0530 e. The quantitative estimate of drug-likeness (QED) is 0.849. The second-order valence-electron chi connectivity index (χ2n) is 5.75. The predicted octanol–water partition coefficient (Wildman–Crippen LogP) is 2.42. The van der Waals surface area contributed by atoms with Crippen molar-refractivity contribution in [3.05, 3.63) is 42.5 Å². The molecule has 20 heavy (non-hydrogen) atoms. The van der Waals surface area contributed by atoms with E-state index in [0.29, 0.717) is 6.04 Å². The van der Waals surface area contributed by atoms with Crippen LogP contribution in [0.1, 0.15) is 24.4 Å². The minimum absolute atomic E-state index is 0.352. The van der Waals surface area contributed by atoms with E-state index in [9.17, 15) is 0 Å². The third-order valence-corrected chi connectivity index (χ3v) is 4.47. The molecule has 0 amide bonds. The van der Waals surface area contributed by atoms with Crippen molar-refractivity contribution >= 4 is 5.69 Å². The Kier molecular flexibility index (Phi) is 4.38. The van der Waals surface area contributed by atoms with Gasteiger partial charge in [0.2, 0.25) is 0 Å². The molecule has 3 rings (SSSR count). The molecule has 3 heteroatoms. The molecule has 0 aliphatic carbocycles. The van der Waals surface area contributed by atoms with Crippen molar-refractivity contribution in [2.45, 2.75) is 18.9 Å². The Balaban J connectivity index is 1.72. The third kappa shape index (κ3) is 2.89. The molecule has 1 atom stereocenters. The third-order valence-electron chi connectivity index (χ3n) is 4.47. The van der Waals surface area contributed by atoms with Crippen LogP contribution < -0.4 is 10.2 Å². The standard InChI is InChI=1S/C17H25N3/c1-2-17(20-13-9-18-10-14-20)15-5-7-16(8-6-15)19-11-3-4-12-19/h2,5-8,17-18H,1,3-4,9-14H2/t17-/m0/s1. The monoisotopic (exact) mass is 271 g/mol. The average Bonchev–Trinajstić information content (AvgIpc) is 3.04. The maximum Gasteiger partial charge on any atom is 0.0530 e. The van der Waals surface area contributed by atoms with Gasteiger partial charge in [0.25, 0.3) is 0 Å². The Morgan fingerprint density at radius 3 is 2.25 bits per heavy atom. The highest BCUT2D eigenvalue weighted by Gasteiger charge is 2.19. The molecular formula is C17H25N3. The van der Waals surface area contributed by atoms with E-state index in [2.05, 4.69) is 52.0 Å². The average molecular weight is 271 g/mol. The van der Waals surface area contributed by atoms with Crippen LogP contribution in [0.4, 0.5) is 5.69 Å². The molecule has 1 aromatic rings. The van der Waals surface area contributed by atoms with Gasteiger partial charge in [0.15, 0.2) is 0 Å². The van der Waals surface area contributed by atoms with Gasteiger partial charge in [0.1, 0.15) is 0 Å². The van der Waals surface area contributed by atoms with Crippen LogP contribution in [0.25, 0.3) is 0 Å². The first-order chi connectivity index (χ1) is 9.88. The molecule has 1 aromatic carbocycles. The van der Waals surface area contributed by atoms with Crippen LogP contribution in [0.5, 0.6) is 0 Å². The molecule has 2 heterocycles. The lowest BCUT2D eigenvalue weighted by atomic mass is 10.0. The van der Waals surface area contributed by atoms with Gasteiger partial charge in [-0.25, -0.2) is 0 Å². The van der Waals surface area contributed by atoms with Crippen LogP contribution in [0, 0.1) is 0 Å². The summed E-state index contributed by atoms with van der Waals surface area (Å²) in [6, 6.07) is 9.47. The SMILES string of the molecule is C=C[C@@H](c1ccc(N2CCCC2)cc1)N1CCNCC1. The predicted molar refractivity (Wildman–Crippen MR) is 85.3 cm³/mol. The number of nitrogens with zero attached hydrogens (tertiary/aromatic N) is 2. The normalized spacial score (nSPS) is 21.9. The molecule has 1 N–H and O–H groups in total. The van der Waals surface area contributed by atoms with Gasteiger partial charge in [-0.3, -0.25) is 4.90 Å². The van der Waals surface area contributed by atoms with Crippen molar-refractivity contribution in [3.63, 3.8) is 0 Å². The topological polar surface area (TPSA) is 18.5 Å². The Labute approximate surface area is 122 Å². The first kappa shape index (κ1) is 13.7. The summed E-state index contributed by atoms with van der Waals surface area (Å²) in [4.78, 5) is 4.99. The highest BCUT2D eigenvalue weighted by molar-refractivity contribution is 5.49. The number of nitrogens with one attached hydrogen (secondary N) is 1. The molecule has 2 saturated heterocycles. The molecule has 108 valence electrons. The van der Waals surface area contributed by atoms with E-state index < -0.39 is 0 Å². The lowest BCUT2D eigenvalue weighted by Crippen LogP contribution is -2.44. The fourth-order valence-corrected chi connectivity index (χ4v) is 3.31. The molecule has 0 saturated carbocycles. The van der Waals surface area contributed by atoms with Crippen molar-refractivity contribution in [2.24, 2.45) is 0 Å². The van der Waals surface area contributed by atoms with Crippen LogP contribution in [0.3, 0.4) is 0 Å². The fourth-order valence-electron chi connectivity index (χ4n) is 3.31. The summed E-state index contributed by atoms with van der Waals surface area (Å²) in [6.45, 7) is 10.8. The second kappa shape index (κ2) is 6.42. The molecule has 0 radical (unpaired) electrons. The van der Waals surface area contributed by atoms with Crippen LogP contribution >= 0.6 is 0 Å². The number of rotatable bonds is 4. The van der Waals surface area contributed by atoms with Gasteiger partial charge < -0.3 is 10.2 Å². The van der Waals surface area contributed by atoms with Gasteiger partial charge in [-0.1, -0.05) is 18.2 Å². The van der Waals surface area contributed by atoms with Crippen LogP contribution in [0.15, 0.2) is 36.9 Å². The summed E-state index contributed by atoms with van der Waals surface area (Å²) in [5.41, 5.74) is 2.74. The Morgan fingerprint density at radius 1 is 1.00 bits per heavy atom. The Bertz CT molecular complexity index is 428. The van der Waals surface area contributed by atoms with Crippen molar-refractivity contribution < 1.29 is 0 Å². The van der Waals surface area contributed by atoms with Gasteiger partial charge in [0, 0.05) is 45.0 Å². The molecule has 0 spiro atoms. The molecule has 0 bridgehead atoms. The van der Waals surface area contributed by atoms with E-state index in [0.717, 1.165) is 26.2 Å². The van der Waals surface area contributed by atoms with Gasteiger partial charge in [-0.15, -0.1) is 6.58 Å². The Morgan fingerprint density at radius 2 is 1.65 bits per heavy atom. The largest absolute Gasteiger partial charge is 0.372 e. The molecule has 2 aliphatic heterocycles. The molecule has 2 aliphatic rings. The number of hydrogen-bond acceptors (Lipinski definition) is 3. The van der Waals surface area contributed by atoms with Crippen molar-refractivity contribution in [3.8, 4) is 0 Å². The first-order valence-corrected chi connectivity index (χ1v) is 7.81. The number of hydrogen-bond donors (Lipinski definition) is 1. The minimum Gasteiger partial charge on any atom is -0.372 e. The lowest BCUT2D eigenvalue weighted by Gasteiger charge is -2.33. The summed E-state index contributed by atoms with van der Waals surface area (Å²) in [7, 11) is 0. The van der Waals surface area contributed by atoms with Crippen LogP contribution in [-0.4, -0.2) is 44.2 Å². The zero-order valence-electron chi connectivity index (χ0n) is 12.2. The number of anilines is 1. The van der Waals surface area contributed by atoms with E-state index in [1.54, 1.807) is 0 Å². The fraction of sp³-hybridized carbons (Fsp3) is 0.529. The van der Waals surface area contributed by atoms with Crippen molar-refractivity contribution in [1.82, 2.24) is 10.2 Å². The Hall–Kier alpha value is -1.32. The maximum absolute atomic E-state index is 4.04. The van der Waals surface area contributed by atoms with E-state index in [4.69, 9.17) is 0 Å². The zero-order chi connectivity index (χ0) is 13.8. The highest BCUT2D eigenvalue weighted by Crippen LogP contribution is 2.26. The van der Waals surface area contributed by atoms with E-state index in [1.165, 1.54) is 37.2 Å². The summed E-state index contributed by atoms with van der Waals surface area (Å²) < 4.78 is 0. The summed E-state index contributed by atoms with van der Waals surface area (Å²) in [6.07, 6.45) is 4.74. The van der Waals surface area contributed by atoms with Crippen molar-refractivity contribution in [2.75, 3.05) is 44.2 Å². The molecule has 2 fully saturated rings. The molecule has 3 nitrogen and oxygen atoms in total. The van der Waals surface area contributed by atoms with Crippen LogP contribution in [-0.2, 0) is 0 Å². The summed E-state index contributed by atoms with van der Waals surface area (Å²) in [5.74, 6) is 0. The van der Waals surface area contributed by atoms with Gasteiger partial charge in [0.05, 0.1) is 6.04 Å². The first-order valence-electron chi connectivity index (χ1n) is 7.81.